The summed E-state index contributed by atoms with van der Waals surface area (Å²) in [5, 5.41) is 5.27. The summed E-state index contributed by atoms with van der Waals surface area (Å²) in [5.74, 6) is 0. The van der Waals surface area contributed by atoms with Crippen molar-refractivity contribution in [3.8, 4) is 0 Å². The predicted molar refractivity (Wildman–Crippen MR) is 85.1 cm³/mol. The van der Waals surface area contributed by atoms with Crippen LogP contribution in [-0.4, -0.2) is 24.5 Å². The quantitative estimate of drug-likeness (QED) is 0.797. The SMILES string of the molecule is CCCCCN(C)C(=O)Nc1ccc2ccccc2c1. The molecule has 0 aliphatic rings. The maximum atomic E-state index is 12.1. The molecular formula is C17H22N2O. The van der Waals surface area contributed by atoms with Crippen molar-refractivity contribution in [1.82, 2.24) is 4.90 Å². The molecule has 106 valence electrons. The van der Waals surface area contributed by atoms with Gasteiger partial charge in [0.2, 0.25) is 0 Å². The third-order valence-corrected chi connectivity index (χ3v) is 3.44. The van der Waals surface area contributed by atoms with Crippen molar-refractivity contribution >= 4 is 22.5 Å². The maximum absolute atomic E-state index is 12.1. The fourth-order valence-corrected chi connectivity index (χ4v) is 2.19. The van der Waals surface area contributed by atoms with Gasteiger partial charge in [-0.25, -0.2) is 4.79 Å². The van der Waals surface area contributed by atoms with Crippen LogP contribution in [0.15, 0.2) is 42.5 Å². The monoisotopic (exact) mass is 270 g/mol. The Morgan fingerprint density at radius 2 is 1.85 bits per heavy atom. The van der Waals surface area contributed by atoms with Gasteiger partial charge in [0.25, 0.3) is 0 Å². The molecule has 2 rings (SSSR count). The number of unbranched alkanes of at least 4 members (excludes halogenated alkanes) is 2. The second-order valence-corrected chi connectivity index (χ2v) is 5.12. The van der Waals surface area contributed by atoms with Crippen LogP contribution in [0.5, 0.6) is 0 Å². The lowest BCUT2D eigenvalue weighted by Gasteiger charge is -2.18. The van der Waals surface area contributed by atoms with Gasteiger partial charge in [-0.05, 0) is 29.3 Å². The molecule has 2 aromatic carbocycles. The Kier molecular flexibility index (Phi) is 4.99. The Morgan fingerprint density at radius 1 is 1.10 bits per heavy atom. The number of anilines is 1. The van der Waals surface area contributed by atoms with Crippen molar-refractivity contribution in [2.24, 2.45) is 0 Å². The molecule has 0 saturated carbocycles. The van der Waals surface area contributed by atoms with Crippen molar-refractivity contribution in [3.63, 3.8) is 0 Å². The second-order valence-electron chi connectivity index (χ2n) is 5.12. The van der Waals surface area contributed by atoms with Crippen LogP contribution in [0.4, 0.5) is 10.5 Å². The topological polar surface area (TPSA) is 32.3 Å². The highest BCUT2D eigenvalue weighted by atomic mass is 16.2. The fraction of sp³-hybridized carbons (Fsp3) is 0.353. The first-order chi connectivity index (χ1) is 9.70. The van der Waals surface area contributed by atoms with Crippen molar-refractivity contribution in [3.05, 3.63) is 42.5 Å². The molecule has 0 saturated heterocycles. The van der Waals surface area contributed by atoms with E-state index in [2.05, 4.69) is 24.4 Å². The lowest BCUT2D eigenvalue weighted by atomic mass is 10.1. The molecule has 0 radical (unpaired) electrons. The third kappa shape index (κ3) is 3.73. The molecular weight excluding hydrogens is 248 g/mol. The number of carbonyl (C=O) groups is 1. The number of nitrogens with zero attached hydrogens (tertiary/aromatic N) is 1. The number of hydrogen-bond acceptors (Lipinski definition) is 1. The zero-order valence-electron chi connectivity index (χ0n) is 12.2. The summed E-state index contributed by atoms with van der Waals surface area (Å²) >= 11 is 0. The van der Waals surface area contributed by atoms with Crippen LogP contribution in [0.3, 0.4) is 0 Å². The molecule has 2 amide bonds. The number of hydrogen-bond donors (Lipinski definition) is 1. The van der Waals surface area contributed by atoms with Crippen molar-refractivity contribution in [2.45, 2.75) is 26.2 Å². The molecule has 0 fully saturated rings. The molecule has 2 aromatic rings. The summed E-state index contributed by atoms with van der Waals surface area (Å²) in [7, 11) is 1.84. The van der Waals surface area contributed by atoms with Crippen LogP contribution in [0.25, 0.3) is 10.8 Å². The Morgan fingerprint density at radius 3 is 2.60 bits per heavy atom. The van der Waals surface area contributed by atoms with E-state index in [1.165, 1.54) is 11.8 Å². The Balaban J connectivity index is 1.98. The van der Waals surface area contributed by atoms with Gasteiger partial charge in [-0.3, -0.25) is 0 Å². The predicted octanol–water partition coefficient (Wildman–Crippen LogP) is 4.49. The molecule has 3 nitrogen and oxygen atoms in total. The van der Waals surface area contributed by atoms with Crippen LogP contribution >= 0.6 is 0 Å². The summed E-state index contributed by atoms with van der Waals surface area (Å²) in [4.78, 5) is 13.8. The molecule has 0 aromatic heterocycles. The summed E-state index contributed by atoms with van der Waals surface area (Å²) in [5.41, 5.74) is 0.844. The molecule has 0 spiro atoms. The first-order valence-corrected chi connectivity index (χ1v) is 7.21. The molecule has 0 heterocycles. The zero-order valence-corrected chi connectivity index (χ0v) is 12.2. The van der Waals surface area contributed by atoms with E-state index in [4.69, 9.17) is 0 Å². The maximum Gasteiger partial charge on any atom is 0.321 e. The molecule has 0 bridgehead atoms. The Labute approximate surface area is 120 Å². The summed E-state index contributed by atoms with van der Waals surface area (Å²) in [6.07, 6.45) is 3.38. The fourth-order valence-electron chi connectivity index (χ4n) is 2.19. The number of carbonyl (C=O) groups excluding carboxylic acids is 1. The van der Waals surface area contributed by atoms with Crippen LogP contribution in [0.2, 0.25) is 0 Å². The molecule has 0 atom stereocenters. The van der Waals surface area contributed by atoms with Crippen LogP contribution in [-0.2, 0) is 0 Å². The van der Waals surface area contributed by atoms with Gasteiger partial charge >= 0.3 is 6.03 Å². The van der Waals surface area contributed by atoms with Crippen molar-refractivity contribution < 1.29 is 4.79 Å². The molecule has 0 aliphatic heterocycles. The van der Waals surface area contributed by atoms with Crippen LogP contribution < -0.4 is 5.32 Å². The van der Waals surface area contributed by atoms with E-state index in [-0.39, 0.29) is 6.03 Å². The van der Waals surface area contributed by atoms with E-state index in [9.17, 15) is 4.79 Å². The van der Waals surface area contributed by atoms with Gasteiger partial charge in [0.05, 0.1) is 0 Å². The third-order valence-electron chi connectivity index (χ3n) is 3.44. The number of nitrogens with one attached hydrogen (secondary N) is 1. The van der Waals surface area contributed by atoms with E-state index >= 15 is 0 Å². The summed E-state index contributed by atoms with van der Waals surface area (Å²) < 4.78 is 0. The Hall–Kier alpha value is -2.03. The summed E-state index contributed by atoms with van der Waals surface area (Å²) in [6, 6.07) is 14.1. The van der Waals surface area contributed by atoms with E-state index in [1.54, 1.807) is 4.90 Å². The van der Waals surface area contributed by atoms with Crippen LogP contribution in [0, 0.1) is 0 Å². The minimum Gasteiger partial charge on any atom is -0.328 e. The van der Waals surface area contributed by atoms with E-state index < -0.39 is 0 Å². The lowest BCUT2D eigenvalue weighted by molar-refractivity contribution is 0.221. The minimum absolute atomic E-state index is 0.0450. The molecule has 1 N–H and O–H groups in total. The first-order valence-electron chi connectivity index (χ1n) is 7.21. The van der Waals surface area contributed by atoms with Crippen LogP contribution in [0.1, 0.15) is 26.2 Å². The van der Waals surface area contributed by atoms with Gasteiger partial charge in [0.1, 0.15) is 0 Å². The lowest BCUT2D eigenvalue weighted by Crippen LogP contribution is -2.32. The number of fused-ring (bicyclic) bond motifs is 1. The smallest absolute Gasteiger partial charge is 0.321 e. The number of rotatable bonds is 5. The van der Waals surface area contributed by atoms with Gasteiger partial charge in [0.15, 0.2) is 0 Å². The second kappa shape index (κ2) is 6.94. The van der Waals surface area contributed by atoms with Crippen molar-refractivity contribution in [2.75, 3.05) is 18.9 Å². The highest BCUT2D eigenvalue weighted by Gasteiger charge is 2.08. The zero-order chi connectivity index (χ0) is 14.4. The van der Waals surface area contributed by atoms with Gasteiger partial charge in [-0.2, -0.15) is 0 Å². The average molecular weight is 270 g/mol. The molecule has 0 aliphatic carbocycles. The normalized spacial score (nSPS) is 10.5. The summed E-state index contributed by atoms with van der Waals surface area (Å²) in [6.45, 7) is 2.96. The van der Waals surface area contributed by atoms with Gasteiger partial charge in [-0.1, -0.05) is 50.1 Å². The largest absolute Gasteiger partial charge is 0.328 e. The molecule has 3 heteroatoms. The van der Waals surface area contributed by atoms with Gasteiger partial charge in [-0.15, -0.1) is 0 Å². The highest BCUT2D eigenvalue weighted by Crippen LogP contribution is 2.19. The van der Waals surface area contributed by atoms with E-state index in [0.717, 1.165) is 30.5 Å². The minimum atomic E-state index is -0.0450. The number of benzene rings is 2. The number of urea groups is 1. The van der Waals surface area contributed by atoms with E-state index in [1.807, 2.05) is 37.4 Å². The highest BCUT2D eigenvalue weighted by molar-refractivity contribution is 5.93. The molecule has 0 unspecified atom stereocenters. The van der Waals surface area contributed by atoms with Crippen molar-refractivity contribution in [1.29, 1.82) is 0 Å². The Bertz CT molecular complexity index is 580. The standard InChI is InChI=1S/C17H22N2O/c1-3-4-7-12-19(2)17(20)18-16-11-10-14-8-5-6-9-15(14)13-16/h5-6,8-11,13H,3-4,7,12H2,1-2H3,(H,18,20). The van der Waals surface area contributed by atoms with E-state index in [0.29, 0.717) is 0 Å². The van der Waals surface area contributed by atoms with Gasteiger partial charge < -0.3 is 10.2 Å². The average Bonchev–Trinajstić information content (AvgIpc) is 2.47. The first kappa shape index (κ1) is 14.4. The number of amides is 2. The molecule has 20 heavy (non-hydrogen) atoms. The van der Waals surface area contributed by atoms with Gasteiger partial charge in [0, 0.05) is 19.3 Å².